The Bertz CT molecular complexity index is 263. The van der Waals surface area contributed by atoms with Gasteiger partial charge in [0.2, 0.25) is 0 Å². The third-order valence-corrected chi connectivity index (χ3v) is 1.79. The number of carbonyl (C=O) groups excluding carboxylic acids is 2. The molecule has 1 aliphatic rings. The van der Waals surface area contributed by atoms with Crippen molar-refractivity contribution >= 4 is 11.9 Å². The third kappa shape index (κ3) is 1.54. The Hall–Kier alpha value is -1.39. The average molecular weight is 188 g/mol. The lowest BCUT2D eigenvalue weighted by Crippen LogP contribution is -2.39. The predicted molar refractivity (Wildman–Crippen MR) is 40.3 cm³/mol. The van der Waals surface area contributed by atoms with Gasteiger partial charge in [0.15, 0.2) is 0 Å². The van der Waals surface area contributed by atoms with E-state index >= 15 is 0 Å². The first-order valence-electron chi connectivity index (χ1n) is 3.72. The summed E-state index contributed by atoms with van der Waals surface area (Å²) in [5.41, 5.74) is 0. The zero-order valence-electron chi connectivity index (χ0n) is 7.08. The summed E-state index contributed by atoms with van der Waals surface area (Å²) in [6.07, 6.45) is 0.791. The molecule has 0 radical (unpaired) electrons. The Balaban J connectivity index is 2.79. The van der Waals surface area contributed by atoms with Crippen LogP contribution in [0.1, 0.15) is 6.92 Å². The van der Waals surface area contributed by atoms with Crippen LogP contribution in [0.2, 0.25) is 0 Å². The first kappa shape index (κ1) is 9.70. The van der Waals surface area contributed by atoms with Crippen LogP contribution in [0, 0.1) is 5.92 Å². The van der Waals surface area contributed by atoms with Gasteiger partial charge >= 0.3 is 17.8 Å². The summed E-state index contributed by atoms with van der Waals surface area (Å²) >= 11 is 0. The summed E-state index contributed by atoms with van der Waals surface area (Å²) in [6.45, 7) is 4.42. The van der Waals surface area contributed by atoms with Gasteiger partial charge in [-0.2, -0.15) is 4.39 Å². The first-order chi connectivity index (χ1) is 6.00. The molecule has 1 fully saturated rings. The van der Waals surface area contributed by atoms with Crippen LogP contribution < -0.4 is 0 Å². The van der Waals surface area contributed by atoms with Crippen molar-refractivity contribution in [2.24, 2.45) is 5.92 Å². The Labute approximate surface area is 74.3 Å². The van der Waals surface area contributed by atoms with E-state index in [4.69, 9.17) is 0 Å². The summed E-state index contributed by atoms with van der Waals surface area (Å²) in [5.74, 6) is -5.57. The van der Waals surface area contributed by atoms with Crippen LogP contribution in [0.3, 0.4) is 0 Å². The van der Waals surface area contributed by atoms with E-state index in [1.54, 1.807) is 0 Å². The van der Waals surface area contributed by atoms with Crippen molar-refractivity contribution in [3.63, 3.8) is 0 Å². The SMILES string of the molecule is C=CC(=O)OC1(F)C(=O)OCC1C. The fourth-order valence-corrected chi connectivity index (χ4v) is 0.938. The Kier molecular flexibility index (Phi) is 2.36. The van der Waals surface area contributed by atoms with Crippen LogP contribution in [0.15, 0.2) is 12.7 Å². The van der Waals surface area contributed by atoms with Crippen LogP contribution in [-0.2, 0) is 19.1 Å². The maximum absolute atomic E-state index is 13.6. The van der Waals surface area contributed by atoms with Gasteiger partial charge in [0.25, 0.3) is 0 Å². The van der Waals surface area contributed by atoms with E-state index in [0.29, 0.717) is 0 Å². The number of carbonyl (C=O) groups is 2. The maximum atomic E-state index is 13.6. The van der Waals surface area contributed by atoms with Crippen molar-refractivity contribution in [2.45, 2.75) is 12.8 Å². The molecule has 13 heavy (non-hydrogen) atoms. The highest BCUT2D eigenvalue weighted by Crippen LogP contribution is 2.31. The minimum Gasteiger partial charge on any atom is -0.460 e. The largest absolute Gasteiger partial charge is 0.460 e. The lowest BCUT2D eigenvalue weighted by atomic mass is 10.1. The lowest BCUT2D eigenvalue weighted by Gasteiger charge is -2.18. The normalized spacial score (nSPS) is 32.5. The molecule has 72 valence electrons. The zero-order chi connectivity index (χ0) is 10.1. The Morgan fingerprint density at radius 3 is 2.92 bits per heavy atom. The molecule has 0 saturated carbocycles. The Morgan fingerprint density at radius 2 is 2.54 bits per heavy atom. The van der Waals surface area contributed by atoms with Gasteiger partial charge < -0.3 is 9.47 Å². The van der Waals surface area contributed by atoms with Gasteiger partial charge in [0.05, 0.1) is 5.92 Å². The quantitative estimate of drug-likeness (QED) is 0.469. The van der Waals surface area contributed by atoms with Gasteiger partial charge in [0, 0.05) is 6.08 Å². The minimum absolute atomic E-state index is 0.0836. The van der Waals surface area contributed by atoms with E-state index in [9.17, 15) is 14.0 Å². The number of hydrogen-bond acceptors (Lipinski definition) is 4. The molecule has 0 spiro atoms. The number of rotatable bonds is 2. The average Bonchev–Trinajstić information content (AvgIpc) is 2.33. The van der Waals surface area contributed by atoms with E-state index in [2.05, 4.69) is 16.1 Å². The van der Waals surface area contributed by atoms with Gasteiger partial charge in [-0.25, -0.2) is 9.59 Å². The third-order valence-electron chi connectivity index (χ3n) is 1.79. The molecule has 1 heterocycles. The minimum atomic E-state index is -2.65. The van der Waals surface area contributed by atoms with Crippen molar-refractivity contribution < 1.29 is 23.5 Å². The summed E-state index contributed by atoms with van der Waals surface area (Å²) in [4.78, 5) is 21.5. The Morgan fingerprint density at radius 1 is 1.92 bits per heavy atom. The molecule has 2 unspecified atom stereocenters. The van der Waals surface area contributed by atoms with Crippen molar-refractivity contribution in [3.05, 3.63) is 12.7 Å². The summed E-state index contributed by atoms with van der Waals surface area (Å²) in [6, 6.07) is 0. The molecule has 0 aromatic rings. The first-order valence-corrected chi connectivity index (χ1v) is 3.72. The standard InChI is InChI=1S/C8H9FO4/c1-3-6(10)13-8(9)5(2)4-12-7(8)11/h3,5H,1,4H2,2H3. The summed E-state index contributed by atoms with van der Waals surface area (Å²) < 4.78 is 22.2. The van der Waals surface area contributed by atoms with Gasteiger partial charge in [-0.1, -0.05) is 13.5 Å². The lowest BCUT2D eigenvalue weighted by molar-refractivity contribution is -0.194. The zero-order valence-corrected chi connectivity index (χ0v) is 7.08. The molecule has 1 rings (SSSR count). The van der Waals surface area contributed by atoms with Gasteiger partial charge in [-0.3, -0.25) is 0 Å². The molecule has 0 bridgehead atoms. The van der Waals surface area contributed by atoms with Crippen molar-refractivity contribution in [1.82, 2.24) is 0 Å². The van der Waals surface area contributed by atoms with E-state index in [1.165, 1.54) is 6.92 Å². The van der Waals surface area contributed by atoms with Gasteiger partial charge in [0.1, 0.15) is 6.61 Å². The van der Waals surface area contributed by atoms with Crippen LogP contribution in [-0.4, -0.2) is 24.4 Å². The van der Waals surface area contributed by atoms with Crippen LogP contribution in [0.25, 0.3) is 0 Å². The van der Waals surface area contributed by atoms with Crippen molar-refractivity contribution in [2.75, 3.05) is 6.61 Å². The number of ether oxygens (including phenoxy) is 2. The summed E-state index contributed by atoms with van der Waals surface area (Å²) in [7, 11) is 0. The molecule has 0 N–H and O–H groups in total. The second-order valence-corrected chi connectivity index (χ2v) is 2.77. The second-order valence-electron chi connectivity index (χ2n) is 2.77. The molecule has 4 nitrogen and oxygen atoms in total. The van der Waals surface area contributed by atoms with Gasteiger partial charge in [-0.05, 0) is 0 Å². The molecule has 0 aromatic heterocycles. The molecule has 1 saturated heterocycles. The smallest absolute Gasteiger partial charge is 0.385 e. The van der Waals surface area contributed by atoms with Crippen molar-refractivity contribution in [1.29, 1.82) is 0 Å². The topological polar surface area (TPSA) is 52.6 Å². The molecule has 0 aromatic carbocycles. The van der Waals surface area contributed by atoms with Crippen LogP contribution in [0.4, 0.5) is 4.39 Å². The maximum Gasteiger partial charge on any atom is 0.385 e. The number of cyclic esters (lactones) is 1. The van der Waals surface area contributed by atoms with Crippen molar-refractivity contribution in [3.8, 4) is 0 Å². The highest BCUT2D eigenvalue weighted by atomic mass is 19.2. The summed E-state index contributed by atoms with van der Waals surface area (Å²) in [5, 5.41) is 0. The number of hydrogen-bond donors (Lipinski definition) is 0. The van der Waals surface area contributed by atoms with E-state index in [0.717, 1.165) is 6.08 Å². The fourth-order valence-electron chi connectivity index (χ4n) is 0.938. The molecule has 0 aliphatic carbocycles. The molecule has 5 heteroatoms. The molecule has 0 amide bonds. The monoisotopic (exact) mass is 188 g/mol. The number of alkyl halides is 1. The molecular formula is C8H9FO4. The highest BCUT2D eigenvalue weighted by Gasteiger charge is 2.54. The van der Waals surface area contributed by atoms with E-state index in [1.807, 2.05) is 0 Å². The van der Waals surface area contributed by atoms with Crippen LogP contribution >= 0.6 is 0 Å². The molecule has 2 atom stereocenters. The van der Waals surface area contributed by atoms with Gasteiger partial charge in [-0.15, -0.1) is 0 Å². The molecular weight excluding hydrogens is 179 g/mol. The van der Waals surface area contributed by atoms with E-state index in [-0.39, 0.29) is 6.61 Å². The number of esters is 2. The molecule has 1 aliphatic heterocycles. The van der Waals surface area contributed by atoms with E-state index < -0.39 is 23.7 Å². The fraction of sp³-hybridized carbons (Fsp3) is 0.500. The highest BCUT2D eigenvalue weighted by molar-refractivity contribution is 5.87. The predicted octanol–water partition coefficient (Wildman–Crippen LogP) is 0.574. The van der Waals surface area contributed by atoms with Crippen LogP contribution in [0.5, 0.6) is 0 Å². The number of halogens is 1. The second kappa shape index (κ2) is 3.16.